The number of rotatable bonds is 4. The number of benzene rings is 1. The van der Waals surface area contributed by atoms with Crippen LogP contribution in [0.3, 0.4) is 0 Å². The Labute approximate surface area is 107 Å². The van der Waals surface area contributed by atoms with Gasteiger partial charge >= 0.3 is 5.97 Å². The maximum absolute atomic E-state index is 11.3. The van der Waals surface area contributed by atoms with Crippen molar-refractivity contribution in [2.75, 3.05) is 5.32 Å². The van der Waals surface area contributed by atoms with Gasteiger partial charge in [0.05, 0.1) is 6.42 Å². The minimum Gasteiger partial charge on any atom is -0.479 e. The summed E-state index contributed by atoms with van der Waals surface area (Å²) >= 11 is 11.4. The van der Waals surface area contributed by atoms with Gasteiger partial charge in [0.15, 0.2) is 6.10 Å². The molecule has 5 nitrogen and oxygen atoms in total. The molecule has 0 saturated carbocycles. The summed E-state index contributed by atoms with van der Waals surface area (Å²) in [6.45, 7) is 0. The van der Waals surface area contributed by atoms with Crippen LogP contribution in [0.4, 0.5) is 5.69 Å². The first kappa shape index (κ1) is 13.8. The summed E-state index contributed by atoms with van der Waals surface area (Å²) in [5.41, 5.74) is 0.338. The fraction of sp³-hybridized carbons (Fsp3) is 0.200. The molecule has 0 spiro atoms. The van der Waals surface area contributed by atoms with E-state index >= 15 is 0 Å². The molecule has 0 radical (unpaired) electrons. The monoisotopic (exact) mass is 277 g/mol. The summed E-state index contributed by atoms with van der Waals surface area (Å²) in [5, 5.41) is 20.4. The molecule has 1 aromatic rings. The first-order valence-corrected chi connectivity index (χ1v) is 5.31. The predicted molar refractivity (Wildman–Crippen MR) is 63.4 cm³/mol. The molecular formula is C10H9Cl2NO4. The average Bonchev–Trinajstić information content (AvgIpc) is 2.14. The number of hydrogen-bond acceptors (Lipinski definition) is 3. The standard InChI is InChI=1S/C10H9Cl2NO4/c11-5-1-6(12)3-7(2-5)13-9(15)4-8(14)10(16)17/h1-3,8,14H,4H2,(H,13,15)(H,16,17)/t8-/m0/s1. The van der Waals surface area contributed by atoms with Gasteiger partial charge in [-0.3, -0.25) is 4.79 Å². The molecule has 1 amide bonds. The van der Waals surface area contributed by atoms with Crippen LogP contribution < -0.4 is 5.32 Å². The molecular weight excluding hydrogens is 269 g/mol. The number of aliphatic hydroxyl groups is 1. The lowest BCUT2D eigenvalue weighted by Crippen LogP contribution is -2.26. The predicted octanol–water partition coefficient (Wildman–Crippen LogP) is 1.77. The Morgan fingerprint density at radius 2 is 1.76 bits per heavy atom. The number of aliphatic hydroxyl groups excluding tert-OH is 1. The second-order valence-electron chi connectivity index (χ2n) is 3.26. The molecule has 0 aliphatic carbocycles. The minimum absolute atomic E-state index is 0.338. The van der Waals surface area contributed by atoms with Gasteiger partial charge < -0.3 is 15.5 Å². The van der Waals surface area contributed by atoms with E-state index in [0.717, 1.165) is 0 Å². The highest BCUT2D eigenvalue weighted by Crippen LogP contribution is 2.22. The van der Waals surface area contributed by atoms with Gasteiger partial charge in [-0.05, 0) is 18.2 Å². The van der Waals surface area contributed by atoms with Crippen molar-refractivity contribution in [2.24, 2.45) is 0 Å². The van der Waals surface area contributed by atoms with Crippen LogP contribution in [0, 0.1) is 0 Å². The zero-order valence-electron chi connectivity index (χ0n) is 8.48. The molecule has 17 heavy (non-hydrogen) atoms. The van der Waals surface area contributed by atoms with Crippen LogP contribution >= 0.6 is 23.2 Å². The molecule has 0 bridgehead atoms. The van der Waals surface area contributed by atoms with Gasteiger partial charge in [0.2, 0.25) is 5.91 Å². The van der Waals surface area contributed by atoms with Crippen molar-refractivity contribution in [1.29, 1.82) is 0 Å². The second kappa shape index (κ2) is 5.86. The Morgan fingerprint density at radius 3 is 2.24 bits per heavy atom. The molecule has 0 unspecified atom stereocenters. The maximum Gasteiger partial charge on any atom is 0.333 e. The highest BCUT2D eigenvalue weighted by Gasteiger charge is 2.17. The van der Waals surface area contributed by atoms with Crippen molar-refractivity contribution in [3.63, 3.8) is 0 Å². The van der Waals surface area contributed by atoms with Gasteiger partial charge in [-0.15, -0.1) is 0 Å². The number of hydrogen-bond donors (Lipinski definition) is 3. The third-order valence-corrected chi connectivity index (χ3v) is 2.25. The summed E-state index contributed by atoms with van der Waals surface area (Å²) in [5.74, 6) is -2.09. The minimum atomic E-state index is -1.73. The van der Waals surface area contributed by atoms with Gasteiger partial charge in [-0.2, -0.15) is 0 Å². The quantitative estimate of drug-likeness (QED) is 0.783. The van der Waals surface area contributed by atoms with Crippen LogP contribution in [0.5, 0.6) is 0 Å². The molecule has 7 heteroatoms. The van der Waals surface area contributed by atoms with Crippen LogP contribution in [0.2, 0.25) is 10.0 Å². The molecule has 1 rings (SSSR count). The molecule has 0 aliphatic heterocycles. The Balaban J connectivity index is 2.65. The van der Waals surface area contributed by atoms with Crippen LogP contribution in [-0.2, 0) is 9.59 Å². The number of carbonyl (C=O) groups excluding carboxylic acids is 1. The van der Waals surface area contributed by atoms with E-state index in [1.54, 1.807) is 0 Å². The van der Waals surface area contributed by atoms with Gasteiger partial charge in [0.25, 0.3) is 0 Å². The van der Waals surface area contributed by atoms with Crippen LogP contribution in [-0.4, -0.2) is 28.2 Å². The lowest BCUT2D eigenvalue weighted by Gasteiger charge is -2.08. The molecule has 3 N–H and O–H groups in total. The Hall–Kier alpha value is -1.30. The zero-order valence-corrected chi connectivity index (χ0v) is 10.00. The highest BCUT2D eigenvalue weighted by atomic mass is 35.5. The van der Waals surface area contributed by atoms with E-state index in [9.17, 15) is 9.59 Å². The van der Waals surface area contributed by atoms with Gasteiger partial charge in [-0.1, -0.05) is 23.2 Å². The summed E-state index contributed by atoms with van der Waals surface area (Å²) in [7, 11) is 0. The number of carboxylic acids is 1. The number of halogens is 2. The van der Waals surface area contributed by atoms with Crippen molar-refractivity contribution in [3.05, 3.63) is 28.2 Å². The second-order valence-corrected chi connectivity index (χ2v) is 4.14. The number of amides is 1. The van der Waals surface area contributed by atoms with Crippen molar-refractivity contribution in [2.45, 2.75) is 12.5 Å². The van der Waals surface area contributed by atoms with E-state index in [4.69, 9.17) is 33.4 Å². The van der Waals surface area contributed by atoms with E-state index in [1.807, 2.05) is 0 Å². The van der Waals surface area contributed by atoms with Crippen molar-refractivity contribution < 1.29 is 19.8 Å². The highest BCUT2D eigenvalue weighted by molar-refractivity contribution is 6.35. The fourth-order valence-electron chi connectivity index (χ4n) is 1.10. The first-order valence-electron chi connectivity index (χ1n) is 4.55. The number of nitrogens with one attached hydrogen (secondary N) is 1. The van der Waals surface area contributed by atoms with Crippen LogP contribution in [0.25, 0.3) is 0 Å². The Bertz CT molecular complexity index is 430. The average molecular weight is 278 g/mol. The van der Waals surface area contributed by atoms with Gasteiger partial charge in [-0.25, -0.2) is 4.79 Å². The van der Waals surface area contributed by atoms with Crippen molar-refractivity contribution in [1.82, 2.24) is 0 Å². The molecule has 0 fully saturated rings. The molecule has 92 valence electrons. The normalized spacial score (nSPS) is 11.9. The summed E-state index contributed by atoms with van der Waals surface area (Å²) in [6, 6.07) is 4.40. The van der Waals surface area contributed by atoms with E-state index in [0.29, 0.717) is 15.7 Å². The van der Waals surface area contributed by atoms with E-state index < -0.39 is 24.4 Å². The molecule has 0 aliphatic rings. The van der Waals surface area contributed by atoms with Crippen molar-refractivity contribution in [3.8, 4) is 0 Å². The number of aliphatic carboxylic acids is 1. The smallest absolute Gasteiger partial charge is 0.333 e. The largest absolute Gasteiger partial charge is 0.479 e. The van der Waals surface area contributed by atoms with Gasteiger partial charge in [0, 0.05) is 15.7 Å². The number of carbonyl (C=O) groups is 2. The summed E-state index contributed by atoms with van der Waals surface area (Å²) < 4.78 is 0. The molecule has 1 atom stereocenters. The third-order valence-electron chi connectivity index (χ3n) is 1.81. The zero-order chi connectivity index (χ0) is 13.0. The van der Waals surface area contributed by atoms with Gasteiger partial charge in [0.1, 0.15) is 0 Å². The molecule has 0 aromatic heterocycles. The SMILES string of the molecule is O=C(C[C@H](O)C(=O)O)Nc1cc(Cl)cc(Cl)c1. The Kier molecular flexibility index (Phi) is 4.74. The van der Waals surface area contributed by atoms with Crippen molar-refractivity contribution >= 4 is 40.8 Å². The fourth-order valence-corrected chi connectivity index (χ4v) is 1.63. The summed E-state index contributed by atoms with van der Waals surface area (Å²) in [4.78, 5) is 21.7. The maximum atomic E-state index is 11.3. The lowest BCUT2D eigenvalue weighted by atomic mass is 10.2. The molecule has 1 aromatic carbocycles. The topological polar surface area (TPSA) is 86.6 Å². The number of anilines is 1. The third kappa shape index (κ3) is 4.60. The first-order chi connectivity index (χ1) is 7.88. The van der Waals surface area contributed by atoms with E-state index in [2.05, 4.69) is 5.32 Å². The molecule has 0 heterocycles. The van der Waals surface area contributed by atoms with Crippen LogP contribution in [0.1, 0.15) is 6.42 Å². The van der Waals surface area contributed by atoms with Crippen LogP contribution in [0.15, 0.2) is 18.2 Å². The van der Waals surface area contributed by atoms with E-state index in [-0.39, 0.29) is 0 Å². The Morgan fingerprint density at radius 1 is 1.24 bits per heavy atom. The number of carboxylic acid groups (broad SMARTS) is 1. The lowest BCUT2D eigenvalue weighted by molar-refractivity contribution is -0.148. The summed E-state index contributed by atoms with van der Waals surface area (Å²) in [6.07, 6.45) is -2.27. The molecule has 0 saturated heterocycles. The van der Waals surface area contributed by atoms with E-state index in [1.165, 1.54) is 18.2 Å².